The molecule has 2 aromatic rings. The predicted octanol–water partition coefficient (Wildman–Crippen LogP) is 2.39. The first-order valence-corrected chi connectivity index (χ1v) is 5.01. The number of carboxylic acid groups (broad SMARTS) is 1. The third kappa shape index (κ3) is 2.34. The van der Waals surface area contributed by atoms with Gasteiger partial charge in [0.15, 0.2) is 5.69 Å². The van der Waals surface area contributed by atoms with Gasteiger partial charge in [-0.3, -0.25) is 0 Å². The first-order valence-electron chi connectivity index (χ1n) is 5.01. The SMILES string of the molecule is Cc1[nH]oc(=O)c1N=Nc1ccc(C(=O)O)cc1. The van der Waals surface area contributed by atoms with Gasteiger partial charge < -0.3 is 9.63 Å². The lowest BCUT2D eigenvalue weighted by Gasteiger charge is -1.94. The lowest BCUT2D eigenvalue weighted by Crippen LogP contribution is -1.94. The van der Waals surface area contributed by atoms with E-state index >= 15 is 0 Å². The topological polar surface area (TPSA) is 108 Å². The molecule has 0 bridgehead atoms. The Morgan fingerprint density at radius 2 is 1.94 bits per heavy atom. The number of nitrogens with zero attached hydrogens (tertiary/aromatic N) is 2. The molecular weight excluding hydrogens is 238 g/mol. The highest BCUT2D eigenvalue weighted by Gasteiger charge is 2.06. The highest BCUT2D eigenvalue weighted by molar-refractivity contribution is 5.87. The molecule has 7 nitrogen and oxygen atoms in total. The molecule has 0 saturated heterocycles. The summed E-state index contributed by atoms with van der Waals surface area (Å²) in [6, 6.07) is 5.80. The van der Waals surface area contributed by atoms with Crippen molar-refractivity contribution in [3.05, 3.63) is 45.9 Å². The Kier molecular flexibility index (Phi) is 3.05. The summed E-state index contributed by atoms with van der Waals surface area (Å²) in [5, 5.41) is 18.7. The Balaban J connectivity index is 2.24. The van der Waals surface area contributed by atoms with Crippen LogP contribution >= 0.6 is 0 Å². The molecule has 0 amide bonds. The molecule has 1 aromatic carbocycles. The van der Waals surface area contributed by atoms with E-state index in [1.807, 2.05) is 0 Å². The van der Waals surface area contributed by atoms with Gasteiger partial charge in [-0.15, -0.1) is 5.11 Å². The van der Waals surface area contributed by atoms with Gasteiger partial charge >= 0.3 is 11.6 Å². The van der Waals surface area contributed by atoms with Crippen LogP contribution in [0.15, 0.2) is 43.8 Å². The molecule has 0 atom stereocenters. The molecule has 92 valence electrons. The number of hydrogen-bond acceptors (Lipinski definition) is 5. The van der Waals surface area contributed by atoms with E-state index < -0.39 is 11.6 Å². The lowest BCUT2D eigenvalue weighted by atomic mass is 10.2. The van der Waals surface area contributed by atoms with E-state index in [9.17, 15) is 9.59 Å². The van der Waals surface area contributed by atoms with Crippen molar-refractivity contribution in [3.8, 4) is 0 Å². The molecular formula is C11H9N3O4. The van der Waals surface area contributed by atoms with Crippen LogP contribution in [0.2, 0.25) is 0 Å². The van der Waals surface area contributed by atoms with Gasteiger partial charge in [-0.05, 0) is 31.2 Å². The third-order valence-electron chi connectivity index (χ3n) is 2.23. The standard InChI is InChI=1S/C11H9N3O4/c1-6-9(11(17)18-14-6)13-12-8-4-2-7(3-5-8)10(15)16/h2-5,14H,1H3,(H,15,16). The van der Waals surface area contributed by atoms with Crippen molar-refractivity contribution < 1.29 is 14.4 Å². The minimum absolute atomic E-state index is 0.0947. The fourth-order valence-corrected chi connectivity index (χ4v) is 1.27. The maximum atomic E-state index is 11.2. The molecule has 0 aliphatic heterocycles. The zero-order valence-corrected chi connectivity index (χ0v) is 9.38. The largest absolute Gasteiger partial charge is 0.478 e. The van der Waals surface area contributed by atoms with Gasteiger partial charge in [0, 0.05) is 0 Å². The molecule has 2 rings (SSSR count). The van der Waals surface area contributed by atoms with Crippen LogP contribution in [0.3, 0.4) is 0 Å². The molecule has 0 aliphatic carbocycles. The van der Waals surface area contributed by atoms with E-state index in [4.69, 9.17) is 5.11 Å². The van der Waals surface area contributed by atoms with Gasteiger partial charge in [0.25, 0.3) is 0 Å². The number of aromatic amines is 1. The normalized spacial score (nSPS) is 10.9. The summed E-state index contributed by atoms with van der Waals surface area (Å²) in [5.74, 6) is -1.01. The van der Waals surface area contributed by atoms with Crippen LogP contribution in [0.25, 0.3) is 0 Å². The molecule has 0 aliphatic rings. The van der Waals surface area contributed by atoms with E-state index in [0.29, 0.717) is 11.4 Å². The van der Waals surface area contributed by atoms with E-state index in [2.05, 4.69) is 19.9 Å². The average molecular weight is 247 g/mol. The van der Waals surface area contributed by atoms with Crippen molar-refractivity contribution in [2.75, 3.05) is 0 Å². The second-order valence-corrected chi connectivity index (χ2v) is 3.52. The highest BCUT2D eigenvalue weighted by Crippen LogP contribution is 2.18. The zero-order chi connectivity index (χ0) is 13.1. The number of benzene rings is 1. The summed E-state index contributed by atoms with van der Waals surface area (Å²) in [7, 11) is 0. The Hall–Kier alpha value is -2.70. The number of aromatic nitrogens is 1. The van der Waals surface area contributed by atoms with Gasteiger partial charge in [0.2, 0.25) is 0 Å². The molecule has 2 N–H and O–H groups in total. The van der Waals surface area contributed by atoms with E-state index in [-0.39, 0.29) is 11.3 Å². The summed E-state index contributed by atoms with van der Waals surface area (Å²) in [6.45, 7) is 1.63. The Morgan fingerprint density at radius 1 is 1.28 bits per heavy atom. The molecule has 18 heavy (non-hydrogen) atoms. The maximum Gasteiger partial charge on any atom is 0.384 e. The lowest BCUT2D eigenvalue weighted by molar-refractivity contribution is 0.0697. The Bertz CT molecular complexity index is 652. The fourth-order valence-electron chi connectivity index (χ4n) is 1.27. The quantitative estimate of drug-likeness (QED) is 0.811. The number of hydrogen-bond donors (Lipinski definition) is 2. The monoisotopic (exact) mass is 247 g/mol. The van der Waals surface area contributed by atoms with Gasteiger partial charge in [0.1, 0.15) is 0 Å². The van der Waals surface area contributed by atoms with E-state index in [0.717, 1.165) is 0 Å². The predicted molar refractivity (Wildman–Crippen MR) is 61.6 cm³/mol. The van der Waals surface area contributed by atoms with Crippen LogP contribution < -0.4 is 5.63 Å². The average Bonchev–Trinajstić information content (AvgIpc) is 2.67. The summed E-state index contributed by atoms with van der Waals surface area (Å²) in [5.41, 5.74) is 0.577. The first-order chi connectivity index (χ1) is 8.58. The van der Waals surface area contributed by atoms with E-state index in [1.165, 1.54) is 24.3 Å². The number of nitrogens with one attached hydrogen (secondary N) is 1. The molecule has 0 saturated carbocycles. The van der Waals surface area contributed by atoms with Crippen molar-refractivity contribution in [1.29, 1.82) is 0 Å². The minimum Gasteiger partial charge on any atom is -0.478 e. The van der Waals surface area contributed by atoms with Crippen LogP contribution in [0.4, 0.5) is 11.4 Å². The van der Waals surface area contributed by atoms with Crippen LogP contribution in [0.1, 0.15) is 16.1 Å². The number of H-pyrrole nitrogens is 1. The van der Waals surface area contributed by atoms with Crippen molar-refractivity contribution in [3.63, 3.8) is 0 Å². The number of aromatic carboxylic acids is 1. The van der Waals surface area contributed by atoms with Gasteiger partial charge in [-0.2, -0.15) is 5.11 Å². The van der Waals surface area contributed by atoms with Crippen LogP contribution in [-0.2, 0) is 0 Å². The summed E-state index contributed by atoms with van der Waals surface area (Å²) >= 11 is 0. The van der Waals surface area contributed by atoms with E-state index in [1.54, 1.807) is 6.92 Å². The van der Waals surface area contributed by atoms with Crippen LogP contribution in [0.5, 0.6) is 0 Å². The molecule has 0 radical (unpaired) electrons. The van der Waals surface area contributed by atoms with Crippen molar-refractivity contribution in [1.82, 2.24) is 5.16 Å². The Labute approximate surface area is 101 Å². The smallest absolute Gasteiger partial charge is 0.384 e. The van der Waals surface area contributed by atoms with Gasteiger partial charge in [-0.1, -0.05) is 0 Å². The number of carboxylic acids is 1. The van der Waals surface area contributed by atoms with Crippen LogP contribution in [0, 0.1) is 6.92 Å². The number of carbonyl (C=O) groups is 1. The minimum atomic E-state index is -1.01. The second-order valence-electron chi connectivity index (χ2n) is 3.52. The number of aryl methyl sites for hydroxylation is 1. The molecule has 1 heterocycles. The van der Waals surface area contributed by atoms with Crippen molar-refractivity contribution in [2.45, 2.75) is 6.92 Å². The first kappa shape index (κ1) is 11.8. The number of azo groups is 1. The van der Waals surface area contributed by atoms with Crippen molar-refractivity contribution in [2.24, 2.45) is 10.2 Å². The molecule has 0 unspecified atom stereocenters. The molecule has 0 spiro atoms. The summed E-state index contributed by atoms with van der Waals surface area (Å²) < 4.78 is 4.52. The Morgan fingerprint density at radius 3 is 2.44 bits per heavy atom. The molecule has 0 fully saturated rings. The molecule has 7 heteroatoms. The van der Waals surface area contributed by atoms with Crippen molar-refractivity contribution >= 4 is 17.3 Å². The van der Waals surface area contributed by atoms with Crippen LogP contribution in [-0.4, -0.2) is 16.2 Å². The van der Waals surface area contributed by atoms with Gasteiger partial charge in [-0.25, -0.2) is 14.7 Å². The second kappa shape index (κ2) is 4.66. The van der Waals surface area contributed by atoms with Gasteiger partial charge in [0.05, 0.1) is 16.9 Å². The zero-order valence-electron chi connectivity index (χ0n) is 9.38. The summed E-state index contributed by atoms with van der Waals surface area (Å²) in [6.07, 6.45) is 0. The maximum absolute atomic E-state index is 11.2. The highest BCUT2D eigenvalue weighted by atomic mass is 16.5. The summed E-state index contributed by atoms with van der Waals surface area (Å²) in [4.78, 5) is 21.8. The number of rotatable bonds is 3. The third-order valence-corrected chi connectivity index (χ3v) is 2.23. The fraction of sp³-hybridized carbons (Fsp3) is 0.0909. The molecule has 1 aromatic heterocycles.